The molecule has 0 fully saturated rings. The second-order valence-corrected chi connectivity index (χ2v) is 6.38. The number of benzene rings is 2. The van der Waals surface area contributed by atoms with Crippen LogP contribution in [0.5, 0.6) is 0 Å². The van der Waals surface area contributed by atoms with Gasteiger partial charge in [0.25, 0.3) is 0 Å². The zero-order valence-corrected chi connectivity index (χ0v) is 14.2. The predicted octanol–water partition coefficient (Wildman–Crippen LogP) is 5.87. The van der Waals surface area contributed by atoms with Crippen LogP contribution in [0.3, 0.4) is 0 Å². The molecule has 0 bridgehead atoms. The van der Waals surface area contributed by atoms with Crippen molar-refractivity contribution in [2.24, 2.45) is 0 Å². The number of rotatable bonds is 2. The summed E-state index contributed by atoms with van der Waals surface area (Å²) in [6, 6.07) is 9.85. The van der Waals surface area contributed by atoms with Gasteiger partial charge in [0.05, 0.1) is 21.8 Å². The molecule has 3 nitrogen and oxygen atoms in total. The molecule has 3 rings (SSSR count). The van der Waals surface area contributed by atoms with E-state index >= 15 is 0 Å². The largest absolute Gasteiger partial charge is 0.478 e. The molecule has 0 atom stereocenters. The Morgan fingerprint density at radius 2 is 1.78 bits per heavy atom. The molecule has 0 unspecified atom stereocenters. The first kappa shape index (κ1) is 16.1. The summed E-state index contributed by atoms with van der Waals surface area (Å²) in [7, 11) is 0. The first-order chi connectivity index (χ1) is 10.9. The van der Waals surface area contributed by atoms with Crippen LogP contribution in [0.4, 0.5) is 0 Å². The van der Waals surface area contributed by atoms with Gasteiger partial charge in [-0.2, -0.15) is 0 Å². The Balaban J connectivity index is 2.37. The average molecular weight is 367 g/mol. The summed E-state index contributed by atoms with van der Waals surface area (Å²) in [5, 5.41) is 11.4. The molecule has 0 saturated carbocycles. The fourth-order valence-corrected chi connectivity index (χ4v) is 3.25. The molecule has 0 aliphatic carbocycles. The monoisotopic (exact) mass is 365 g/mol. The van der Waals surface area contributed by atoms with E-state index < -0.39 is 5.97 Å². The third-order valence-corrected chi connectivity index (χ3v) is 4.27. The maximum absolute atomic E-state index is 11.6. The second kappa shape index (κ2) is 6.00. The third-order valence-electron chi connectivity index (χ3n) is 3.51. The highest BCUT2D eigenvalue weighted by atomic mass is 35.5. The van der Waals surface area contributed by atoms with Gasteiger partial charge in [-0.05, 0) is 48.9 Å². The number of carboxylic acid groups (broad SMARTS) is 1. The van der Waals surface area contributed by atoms with Crippen LogP contribution in [0, 0.1) is 6.92 Å². The van der Waals surface area contributed by atoms with Crippen LogP contribution in [0.15, 0.2) is 36.4 Å². The van der Waals surface area contributed by atoms with Crippen molar-refractivity contribution in [3.8, 4) is 11.3 Å². The van der Waals surface area contributed by atoms with Crippen molar-refractivity contribution < 1.29 is 9.90 Å². The summed E-state index contributed by atoms with van der Waals surface area (Å²) in [5.41, 5.74) is 2.59. The van der Waals surface area contributed by atoms with Crippen LogP contribution >= 0.6 is 34.8 Å². The molecule has 2 aromatic carbocycles. The average Bonchev–Trinajstić information content (AvgIpc) is 2.46. The molecule has 1 aromatic heterocycles. The molecule has 0 saturated heterocycles. The first-order valence-electron chi connectivity index (χ1n) is 6.66. The van der Waals surface area contributed by atoms with Crippen LogP contribution in [0.2, 0.25) is 15.1 Å². The molecule has 3 aromatic rings. The van der Waals surface area contributed by atoms with Crippen LogP contribution in [-0.4, -0.2) is 16.1 Å². The lowest BCUT2D eigenvalue weighted by molar-refractivity contribution is 0.0699. The fourth-order valence-electron chi connectivity index (χ4n) is 2.47. The highest BCUT2D eigenvalue weighted by molar-refractivity contribution is 6.36. The van der Waals surface area contributed by atoms with Crippen molar-refractivity contribution >= 4 is 51.7 Å². The predicted molar refractivity (Wildman–Crippen MR) is 93.9 cm³/mol. The molecule has 0 aliphatic heterocycles. The van der Waals surface area contributed by atoms with Gasteiger partial charge in [0.2, 0.25) is 0 Å². The Hall–Kier alpha value is -1.81. The number of hydrogen-bond donors (Lipinski definition) is 1. The molecular weight excluding hydrogens is 357 g/mol. The quantitative estimate of drug-likeness (QED) is 0.617. The van der Waals surface area contributed by atoms with Crippen molar-refractivity contribution in [2.75, 3.05) is 0 Å². The minimum Gasteiger partial charge on any atom is -0.478 e. The standard InChI is InChI=1S/C17H10Cl3NO2/c1-8-4-10(19)5-12-13(17(22)23)7-15(21-16(8)12)11-3-2-9(18)6-14(11)20/h2-7H,1H3,(H,22,23). The van der Waals surface area contributed by atoms with E-state index in [1.165, 1.54) is 6.07 Å². The molecular formula is C17H10Cl3NO2. The van der Waals surface area contributed by atoms with E-state index in [9.17, 15) is 9.90 Å². The topological polar surface area (TPSA) is 50.2 Å². The summed E-state index contributed by atoms with van der Waals surface area (Å²) in [6.07, 6.45) is 0. The van der Waals surface area contributed by atoms with Crippen molar-refractivity contribution in [2.45, 2.75) is 6.92 Å². The summed E-state index contributed by atoms with van der Waals surface area (Å²) >= 11 is 18.2. The van der Waals surface area contributed by atoms with Crippen molar-refractivity contribution in [1.29, 1.82) is 0 Å². The lowest BCUT2D eigenvalue weighted by Gasteiger charge is -2.11. The zero-order chi connectivity index (χ0) is 16.7. The maximum Gasteiger partial charge on any atom is 0.336 e. The molecule has 116 valence electrons. The number of carbonyl (C=O) groups is 1. The van der Waals surface area contributed by atoms with E-state index in [0.717, 1.165) is 5.56 Å². The number of pyridine rings is 1. The molecule has 0 aliphatic rings. The van der Waals surface area contributed by atoms with Gasteiger partial charge >= 0.3 is 5.97 Å². The van der Waals surface area contributed by atoms with E-state index in [2.05, 4.69) is 4.98 Å². The number of fused-ring (bicyclic) bond motifs is 1. The summed E-state index contributed by atoms with van der Waals surface area (Å²) in [5.74, 6) is -1.05. The number of hydrogen-bond acceptors (Lipinski definition) is 2. The van der Waals surface area contributed by atoms with Crippen LogP contribution in [0.1, 0.15) is 15.9 Å². The Labute approximate surface area is 147 Å². The summed E-state index contributed by atoms with van der Waals surface area (Å²) in [6.45, 7) is 1.83. The van der Waals surface area contributed by atoms with Gasteiger partial charge in [0.15, 0.2) is 0 Å². The van der Waals surface area contributed by atoms with E-state index in [-0.39, 0.29) is 5.56 Å². The third kappa shape index (κ3) is 3.00. The Morgan fingerprint density at radius 3 is 2.43 bits per heavy atom. The second-order valence-electron chi connectivity index (χ2n) is 5.10. The van der Waals surface area contributed by atoms with Gasteiger partial charge in [-0.3, -0.25) is 0 Å². The van der Waals surface area contributed by atoms with Crippen molar-refractivity contribution in [3.63, 3.8) is 0 Å². The molecule has 6 heteroatoms. The molecule has 0 amide bonds. The van der Waals surface area contributed by atoms with E-state index in [4.69, 9.17) is 34.8 Å². The van der Waals surface area contributed by atoms with Crippen LogP contribution < -0.4 is 0 Å². The lowest BCUT2D eigenvalue weighted by atomic mass is 10.0. The van der Waals surface area contributed by atoms with E-state index in [0.29, 0.717) is 37.2 Å². The number of aryl methyl sites for hydroxylation is 1. The fraction of sp³-hybridized carbons (Fsp3) is 0.0588. The number of nitrogens with zero attached hydrogens (tertiary/aromatic N) is 1. The minimum absolute atomic E-state index is 0.126. The van der Waals surface area contributed by atoms with Gasteiger partial charge < -0.3 is 5.11 Å². The molecule has 1 heterocycles. The first-order valence-corrected chi connectivity index (χ1v) is 7.80. The molecule has 0 spiro atoms. The summed E-state index contributed by atoms with van der Waals surface area (Å²) < 4.78 is 0. The zero-order valence-electron chi connectivity index (χ0n) is 11.9. The SMILES string of the molecule is Cc1cc(Cl)cc2c(C(=O)O)cc(-c3ccc(Cl)cc3Cl)nc12. The van der Waals surface area contributed by atoms with Gasteiger partial charge in [0, 0.05) is 21.0 Å². The number of aromatic nitrogens is 1. The minimum atomic E-state index is -1.05. The highest BCUT2D eigenvalue weighted by Crippen LogP contribution is 2.33. The Morgan fingerprint density at radius 1 is 1.04 bits per heavy atom. The van der Waals surface area contributed by atoms with Crippen molar-refractivity contribution in [3.05, 3.63) is 62.6 Å². The lowest BCUT2D eigenvalue weighted by Crippen LogP contribution is -2.01. The molecule has 0 radical (unpaired) electrons. The Bertz CT molecular complexity index is 954. The summed E-state index contributed by atoms with van der Waals surface area (Å²) in [4.78, 5) is 16.2. The van der Waals surface area contributed by atoms with Crippen molar-refractivity contribution in [1.82, 2.24) is 4.98 Å². The Kier molecular flexibility index (Phi) is 4.19. The number of carboxylic acids is 1. The smallest absolute Gasteiger partial charge is 0.336 e. The number of halogens is 3. The molecule has 23 heavy (non-hydrogen) atoms. The van der Waals surface area contributed by atoms with Crippen LogP contribution in [0.25, 0.3) is 22.2 Å². The van der Waals surface area contributed by atoms with E-state index in [1.54, 1.807) is 30.3 Å². The van der Waals surface area contributed by atoms with Gasteiger partial charge in [-0.1, -0.05) is 34.8 Å². The molecule has 1 N–H and O–H groups in total. The highest BCUT2D eigenvalue weighted by Gasteiger charge is 2.16. The van der Waals surface area contributed by atoms with Crippen LogP contribution in [-0.2, 0) is 0 Å². The number of aromatic carboxylic acids is 1. The van der Waals surface area contributed by atoms with Gasteiger partial charge in [0.1, 0.15) is 0 Å². The normalized spacial score (nSPS) is 11.0. The maximum atomic E-state index is 11.6. The van der Waals surface area contributed by atoms with Gasteiger partial charge in [-0.15, -0.1) is 0 Å². The van der Waals surface area contributed by atoms with Gasteiger partial charge in [-0.25, -0.2) is 9.78 Å². The van der Waals surface area contributed by atoms with E-state index in [1.807, 2.05) is 6.92 Å².